The van der Waals surface area contributed by atoms with Crippen molar-refractivity contribution >= 4 is 0 Å². The first-order chi connectivity index (χ1) is 10.7. The van der Waals surface area contributed by atoms with Gasteiger partial charge >= 0.3 is 0 Å². The Labute approximate surface area is 135 Å². The standard InChI is InChI=1S/C20H30N2/c1-21(15-17-9-3-4-10-17)19-13-7-8-14-20(19)22(2)16-18-11-5-6-12-18/h3-6,9-12,17-20H,7-8,13-16H2,1-2H3/t19-,20-/m1/s1. The van der Waals surface area contributed by atoms with Crippen LogP contribution in [0.25, 0.3) is 0 Å². The van der Waals surface area contributed by atoms with Gasteiger partial charge in [-0.25, -0.2) is 0 Å². The highest BCUT2D eigenvalue weighted by atomic mass is 15.2. The topological polar surface area (TPSA) is 6.48 Å². The molecule has 0 aliphatic heterocycles. The van der Waals surface area contributed by atoms with Gasteiger partial charge in [-0.1, -0.05) is 61.4 Å². The molecule has 0 heterocycles. The number of likely N-dealkylation sites (N-methyl/N-ethyl adjacent to an activating group) is 2. The lowest BCUT2D eigenvalue weighted by Gasteiger charge is -2.43. The fourth-order valence-electron chi connectivity index (χ4n) is 4.26. The molecule has 1 saturated carbocycles. The first kappa shape index (κ1) is 15.8. The third-order valence-electron chi connectivity index (χ3n) is 5.48. The molecule has 0 aromatic rings. The van der Waals surface area contributed by atoms with Gasteiger partial charge in [0.1, 0.15) is 0 Å². The number of hydrogen-bond acceptors (Lipinski definition) is 2. The molecule has 0 aromatic carbocycles. The molecule has 120 valence electrons. The van der Waals surface area contributed by atoms with Crippen LogP contribution in [0.5, 0.6) is 0 Å². The van der Waals surface area contributed by atoms with Crippen molar-refractivity contribution in [1.29, 1.82) is 0 Å². The molecule has 0 spiro atoms. The predicted octanol–water partition coefficient (Wildman–Crippen LogP) is 3.65. The van der Waals surface area contributed by atoms with E-state index in [2.05, 4.69) is 72.5 Å². The molecule has 0 radical (unpaired) electrons. The predicted molar refractivity (Wildman–Crippen MR) is 94.8 cm³/mol. The minimum Gasteiger partial charge on any atom is -0.301 e. The molecule has 22 heavy (non-hydrogen) atoms. The molecule has 1 fully saturated rings. The van der Waals surface area contributed by atoms with Crippen molar-refractivity contribution in [2.45, 2.75) is 37.8 Å². The van der Waals surface area contributed by atoms with Crippen molar-refractivity contribution in [1.82, 2.24) is 9.80 Å². The minimum atomic E-state index is 0.610. The minimum absolute atomic E-state index is 0.610. The van der Waals surface area contributed by atoms with Crippen LogP contribution in [0, 0.1) is 11.8 Å². The Morgan fingerprint density at radius 3 is 1.41 bits per heavy atom. The average molecular weight is 298 g/mol. The highest BCUT2D eigenvalue weighted by molar-refractivity contribution is 5.19. The van der Waals surface area contributed by atoms with Crippen LogP contribution in [0.1, 0.15) is 25.7 Å². The first-order valence-corrected chi connectivity index (χ1v) is 8.84. The largest absolute Gasteiger partial charge is 0.301 e. The second kappa shape index (κ2) is 7.43. The number of allylic oxidation sites excluding steroid dienone is 4. The number of hydrogen-bond donors (Lipinski definition) is 0. The van der Waals surface area contributed by atoms with Gasteiger partial charge in [0, 0.05) is 37.0 Å². The van der Waals surface area contributed by atoms with Gasteiger partial charge in [-0.05, 0) is 26.9 Å². The van der Waals surface area contributed by atoms with Gasteiger partial charge in [0.25, 0.3) is 0 Å². The number of rotatable bonds is 6. The molecule has 2 atom stereocenters. The van der Waals surface area contributed by atoms with Crippen molar-refractivity contribution in [2.75, 3.05) is 27.2 Å². The van der Waals surface area contributed by atoms with Crippen molar-refractivity contribution in [3.8, 4) is 0 Å². The summed E-state index contributed by atoms with van der Waals surface area (Å²) in [6.45, 7) is 2.32. The molecule has 0 amide bonds. The lowest BCUT2D eigenvalue weighted by Crippen LogP contribution is -2.52. The zero-order chi connectivity index (χ0) is 15.4. The molecule has 2 nitrogen and oxygen atoms in total. The SMILES string of the molecule is CN(CC1C=CC=C1)[C@@H]1CCCC[C@H]1N(C)CC1C=CC=C1. The summed E-state index contributed by atoms with van der Waals surface area (Å²) in [7, 11) is 4.65. The number of nitrogens with zero attached hydrogens (tertiary/aromatic N) is 2. The van der Waals surface area contributed by atoms with Gasteiger partial charge in [0.05, 0.1) is 0 Å². The third-order valence-corrected chi connectivity index (χ3v) is 5.48. The lowest BCUT2D eigenvalue weighted by atomic mass is 9.87. The van der Waals surface area contributed by atoms with E-state index in [1.807, 2.05) is 0 Å². The molecule has 0 saturated heterocycles. The maximum Gasteiger partial charge on any atom is 0.0248 e. The maximum atomic E-state index is 2.62. The molecule has 0 bridgehead atoms. The molecular formula is C20H30N2. The Morgan fingerprint density at radius 1 is 0.682 bits per heavy atom. The Bertz CT molecular complexity index is 406. The van der Waals surface area contributed by atoms with Gasteiger partial charge < -0.3 is 9.80 Å². The summed E-state index contributed by atoms with van der Waals surface area (Å²) < 4.78 is 0. The van der Waals surface area contributed by atoms with Crippen LogP contribution in [-0.2, 0) is 0 Å². The van der Waals surface area contributed by atoms with E-state index >= 15 is 0 Å². The average Bonchev–Trinajstić information content (AvgIpc) is 3.21. The van der Waals surface area contributed by atoms with Gasteiger partial charge in [-0.3, -0.25) is 0 Å². The summed E-state index contributed by atoms with van der Waals surface area (Å²) in [5.74, 6) is 1.22. The normalized spacial score (nSPS) is 28.7. The van der Waals surface area contributed by atoms with Crippen molar-refractivity contribution in [3.05, 3.63) is 48.6 Å². The van der Waals surface area contributed by atoms with Crippen molar-refractivity contribution in [2.24, 2.45) is 11.8 Å². The molecule has 0 N–H and O–H groups in total. The monoisotopic (exact) mass is 298 g/mol. The van der Waals surface area contributed by atoms with Gasteiger partial charge in [0.15, 0.2) is 0 Å². The second-order valence-corrected chi connectivity index (χ2v) is 7.17. The van der Waals surface area contributed by atoms with E-state index in [1.165, 1.54) is 25.7 Å². The van der Waals surface area contributed by atoms with Crippen molar-refractivity contribution in [3.63, 3.8) is 0 Å². The van der Waals surface area contributed by atoms with Crippen LogP contribution in [0.4, 0.5) is 0 Å². The summed E-state index contributed by atoms with van der Waals surface area (Å²) in [6, 6.07) is 1.41. The Balaban J connectivity index is 1.59. The van der Waals surface area contributed by atoms with Crippen LogP contribution in [-0.4, -0.2) is 49.1 Å². The maximum absolute atomic E-state index is 2.62. The Morgan fingerprint density at radius 2 is 1.05 bits per heavy atom. The van der Waals surface area contributed by atoms with Crippen LogP contribution >= 0.6 is 0 Å². The fraction of sp³-hybridized carbons (Fsp3) is 0.600. The van der Waals surface area contributed by atoms with E-state index in [0.717, 1.165) is 13.1 Å². The second-order valence-electron chi connectivity index (χ2n) is 7.17. The van der Waals surface area contributed by atoms with Gasteiger partial charge in [-0.15, -0.1) is 0 Å². The molecule has 3 aliphatic rings. The van der Waals surface area contributed by atoms with Crippen LogP contribution in [0.3, 0.4) is 0 Å². The smallest absolute Gasteiger partial charge is 0.0248 e. The highest BCUT2D eigenvalue weighted by Crippen LogP contribution is 2.28. The van der Waals surface area contributed by atoms with Crippen molar-refractivity contribution < 1.29 is 0 Å². The van der Waals surface area contributed by atoms with E-state index in [1.54, 1.807) is 0 Å². The zero-order valence-corrected chi connectivity index (χ0v) is 14.1. The van der Waals surface area contributed by atoms with Gasteiger partial charge in [0.2, 0.25) is 0 Å². The lowest BCUT2D eigenvalue weighted by molar-refractivity contribution is 0.0719. The molecule has 3 rings (SSSR count). The Kier molecular flexibility index (Phi) is 5.32. The van der Waals surface area contributed by atoms with E-state index in [-0.39, 0.29) is 0 Å². The molecule has 2 heteroatoms. The summed E-state index contributed by atoms with van der Waals surface area (Å²) in [4.78, 5) is 5.23. The fourth-order valence-corrected chi connectivity index (χ4v) is 4.26. The van der Waals surface area contributed by atoms with E-state index in [0.29, 0.717) is 23.9 Å². The first-order valence-electron chi connectivity index (χ1n) is 8.84. The molecule has 3 aliphatic carbocycles. The van der Waals surface area contributed by atoms with Crippen LogP contribution in [0.15, 0.2) is 48.6 Å². The summed E-state index contributed by atoms with van der Waals surface area (Å²) in [5, 5.41) is 0. The molecule has 0 unspecified atom stereocenters. The highest BCUT2D eigenvalue weighted by Gasteiger charge is 2.32. The summed E-state index contributed by atoms with van der Waals surface area (Å²) in [6.07, 6.45) is 23.5. The molecular weight excluding hydrogens is 268 g/mol. The molecule has 0 aromatic heterocycles. The van der Waals surface area contributed by atoms with E-state index in [4.69, 9.17) is 0 Å². The zero-order valence-electron chi connectivity index (χ0n) is 14.1. The van der Waals surface area contributed by atoms with E-state index < -0.39 is 0 Å². The van der Waals surface area contributed by atoms with Crippen LogP contribution in [0.2, 0.25) is 0 Å². The van der Waals surface area contributed by atoms with E-state index in [9.17, 15) is 0 Å². The summed E-state index contributed by atoms with van der Waals surface area (Å²) >= 11 is 0. The quantitative estimate of drug-likeness (QED) is 0.738. The van der Waals surface area contributed by atoms with Crippen LogP contribution < -0.4 is 0 Å². The summed E-state index contributed by atoms with van der Waals surface area (Å²) in [5.41, 5.74) is 0. The van der Waals surface area contributed by atoms with Gasteiger partial charge in [-0.2, -0.15) is 0 Å². The Hall–Kier alpha value is -1.12. The third kappa shape index (κ3) is 3.80.